The molecule has 4 fully saturated rings. The molecule has 0 radical (unpaired) electrons. The Morgan fingerprint density at radius 2 is 1.50 bits per heavy atom. The van der Waals surface area contributed by atoms with Gasteiger partial charge < -0.3 is 54.1 Å². The predicted octanol–water partition coefficient (Wildman–Crippen LogP) is 7.68. The molecule has 5 aromatic rings. The summed E-state index contributed by atoms with van der Waals surface area (Å²) in [7, 11) is 2.57. The van der Waals surface area contributed by atoms with Crippen molar-refractivity contribution in [2.24, 2.45) is 5.92 Å². The lowest BCUT2D eigenvalue weighted by Gasteiger charge is -2.34. The molecule has 366 valence electrons. The van der Waals surface area contributed by atoms with Gasteiger partial charge in [-0.05, 0) is 83.0 Å². The Bertz CT molecular complexity index is 2700. The van der Waals surface area contributed by atoms with Crippen molar-refractivity contribution >= 4 is 35.6 Å². The van der Waals surface area contributed by atoms with Crippen LogP contribution in [0.5, 0.6) is 0 Å². The lowest BCUT2D eigenvalue weighted by atomic mass is 9.90. The van der Waals surface area contributed by atoms with Gasteiger partial charge in [-0.15, -0.1) is 0 Å². The number of carbonyl (C=O) groups is 4. The Hall–Kier alpha value is -7.08. The van der Waals surface area contributed by atoms with Gasteiger partial charge in [-0.2, -0.15) is 0 Å². The Kier molecular flexibility index (Phi) is 14.6. The zero-order valence-electron chi connectivity index (χ0n) is 39.8. The van der Waals surface area contributed by atoms with Crippen LogP contribution >= 0.6 is 0 Å². The van der Waals surface area contributed by atoms with E-state index in [0.29, 0.717) is 69.4 Å². The monoisotopic (exact) mass is 952 g/mol. The molecule has 0 saturated carbocycles. The van der Waals surface area contributed by atoms with Crippen molar-refractivity contribution < 1.29 is 42.9 Å². The van der Waals surface area contributed by atoms with Crippen LogP contribution in [-0.2, 0) is 39.7 Å². The summed E-state index contributed by atoms with van der Waals surface area (Å²) in [6, 6.07) is 21.3. The molecule has 6 heterocycles. The number of allylic oxidation sites excluding steroid dienone is 2. The smallest absolute Gasteiger partial charge is 0.407 e. The molecule has 4 aliphatic rings. The van der Waals surface area contributed by atoms with E-state index in [1.807, 2.05) is 41.3 Å². The first-order chi connectivity index (χ1) is 34.1. The van der Waals surface area contributed by atoms with E-state index in [4.69, 9.17) is 33.7 Å². The van der Waals surface area contributed by atoms with Crippen LogP contribution in [-0.4, -0.2) is 119 Å². The highest BCUT2D eigenvalue weighted by molar-refractivity contribution is 5.88. The molecule has 0 aliphatic carbocycles. The van der Waals surface area contributed by atoms with Crippen molar-refractivity contribution in [3.05, 3.63) is 132 Å². The van der Waals surface area contributed by atoms with Gasteiger partial charge in [0.1, 0.15) is 23.7 Å². The first kappa shape index (κ1) is 48.0. The number of H-pyrrole nitrogens is 2. The molecule has 4 saturated heterocycles. The minimum atomic E-state index is -1.00. The number of hydrogen-bond donors (Lipinski definition) is 4. The first-order valence-electron chi connectivity index (χ1n) is 24.0. The van der Waals surface area contributed by atoms with Crippen molar-refractivity contribution in [3.8, 4) is 22.4 Å². The fraction of sp³-hybridized carbons (Fsp3) is 0.396. The number of nitrogens with one attached hydrogen (secondary N) is 4. The van der Waals surface area contributed by atoms with E-state index >= 15 is 0 Å². The van der Waals surface area contributed by atoms with Gasteiger partial charge in [-0.25, -0.2) is 19.6 Å². The molecular weight excluding hydrogens is 893 g/mol. The molecule has 4 atom stereocenters. The number of nitrogens with zero attached hydrogens (tertiary/aromatic N) is 4. The summed E-state index contributed by atoms with van der Waals surface area (Å²) < 4.78 is 27.5. The summed E-state index contributed by atoms with van der Waals surface area (Å²) in [4.78, 5) is 73.2. The van der Waals surface area contributed by atoms with Gasteiger partial charge in [-0.1, -0.05) is 92.4 Å². The van der Waals surface area contributed by atoms with E-state index in [1.165, 1.54) is 19.8 Å². The third-order valence-corrected chi connectivity index (χ3v) is 13.9. The van der Waals surface area contributed by atoms with Crippen LogP contribution in [0.4, 0.5) is 9.59 Å². The summed E-state index contributed by atoms with van der Waals surface area (Å²) in [6.45, 7) is 9.15. The number of imidazole rings is 2. The lowest BCUT2D eigenvalue weighted by Crippen LogP contribution is -2.53. The molecule has 0 bridgehead atoms. The molecule has 70 heavy (non-hydrogen) atoms. The second-order valence-corrected chi connectivity index (χ2v) is 18.1. The highest BCUT2D eigenvalue weighted by atomic mass is 16.7. The van der Waals surface area contributed by atoms with E-state index in [1.54, 1.807) is 29.4 Å². The number of aryl methyl sites for hydroxylation is 1. The molecule has 9 rings (SSSR count). The van der Waals surface area contributed by atoms with Crippen molar-refractivity contribution in [1.82, 2.24) is 40.4 Å². The largest absolute Gasteiger partial charge is 0.453 e. The molecule has 4 unspecified atom stereocenters. The zero-order valence-corrected chi connectivity index (χ0v) is 39.8. The number of alkyl carbamates (subject to hydrolysis) is 2. The van der Waals surface area contributed by atoms with Crippen molar-refractivity contribution in [2.75, 3.05) is 53.7 Å². The minimum Gasteiger partial charge on any atom is -0.453 e. The zero-order chi connectivity index (χ0) is 48.8. The molecule has 17 heteroatoms. The Morgan fingerprint density at radius 1 is 0.814 bits per heavy atom. The van der Waals surface area contributed by atoms with Gasteiger partial charge in [-0.3, -0.25) is 9.59 Å². The fourth-order valence-electron chi connectivity index (χ4n) is 10.1. The van der Waals surface area contributed by atoms with Gasteiger partial charge in [0.05, 0.1) is 69.8 Å². The number of ether oxygens (including phenoxy) is 5. The molecule has 3 aromatic carbocycles. The maximum atomic E-state index is 14.4. The average Bonchev–Trinajstić information content (AvgIpc) is 4.28. The molecule has 4 amide bonds. The standard InChI is InChI=1S/C53H60N8O9/c1-5-34-15-20-40(28-39(34)14-13-33(2)41-30-54-47(56-41)43-12-9-23-60(43)49(62)46(59-52(65)67-4)38-21-24-68-25-22-38)35-16-18-36(19-17-35)42-31-55-48(57-42)44-29-53(69-26-27-70-53)32-61(44)50(63)45(58-51(64)66-3)37-10-7-6-8-11-37/h6-8,10-11,13-20,28,30-31,38,43-46H,2,5,9,12,21-27,29,32H2,1,3-4H3,(H,54,56)(H,55,57)(H,58,64)(H,59,65)/b14-13-. The topological polar surface area (TPSA) is 202 Å². The van der Waals surface area contributed by atoms with Crippen LogP contribution in [0.2, 0.25) is 0 Å². The molecule has 4 aliphatic heterocycles. The SMILES string of the molecule is C=C(/C=C\c1cc(-c2ccc(-c3cnc(C4CC5(CN4C(=O)C(NC(=O)OC)c4ccccc4)OCCO5)[nH]3)cc2)ccc1CC)c1cnc(C2CCCN2C(=O)C(NC(=O)OC)C2CCOCC2)[nH]1. The molecular formula is C53H60N8O9. The lowest BCUT2D eigenvalue weighted by molar-refractivity contribution is -0.153. The van der Waals surface area contributed by atoms with Crippen LogP contribution in [0.3, 0.4) is 0 Å². The third kappa shape index (κ3) is 10.3. The van der Waals surface area contributed by atoms with Crippen molar-refractivity contribution in [3.63, 3.8) is 0 Å². The normalized spacial score (nSPS) is 19.9. The van der Waals surface area contributed by atoms with E-state index in [0.717, 1.165) is 58.5 Å². The minimum absolute atomic E-state index is 0.0483. The van der Waals surface area contributed by atoms with Crippen molar-refractivity contribution in [2.45, 2.75) is 75.4 Å². The van der Waals surface area contributed by atoms with E-state index < -0.39 is 36.1 Å². The Morgan fingerprint density at radius 3 is 2.23 bits per heavy atom. The Labute approximate surface area is 407 Å². The second-order valence-electron chi connectivity index (χ2n) is 18.1. The number of rotatable bonds is 14. The predicted molar refractivity (Wildman–Crippen MR) is 260 cm³/mol. The maximum Gasteiger partial charge on any atom is 0.407 e. The van der Waals surface area contributed by atoms with Gasteiger partial charge in [0.15, 0.2) is 5.79 Å². The number of aromatic nitrogens is 4. The Balaban J connectivity index is 0.886. The number of methoxy groups -OCH3 is 2. The maximum absolute atomic E-state index is 14.4. The van der Waals surface area contributed by atoms with Crippen LogP contribution in [0.25, 0.3) is 34.0 Å². The van der Waals surface area contributed by atoms with E-state index in [-0.39, 0.29) is 30.3 Å². The molecule has 2 aromatic heterocycles. The average molecular weight is 953 g/mol. The van der Waals surface area contributed by atoms with Gasteiger partial charge in [0.2, 0.25) is 5.91 Å². The summed E-state index contributed by atoms with van der Waals surface area (Å²) in [6.07, 6.45) is 10.4. The van der Waals surface area contributed by atoms with Gasteiger partial charge in [0, 0.05) is 26.2 Å². The molecule has 4 N–H and O–H groups in total. The molecule has 17 nitrogen and oxygen atoms in total. The van der Waals surface area contributed by atoms with Crippen LogP contribution in [0, 0.1) is 5.92 Å². The van der Waals surface area contributed by atoms with Crippen LogP contribution < -0.4 is 10.6 Å². The van der Waals surface area contributed by atoms with E-state index in [9.17, 15) is 19.2 Å². The number of likely N-dealkylation sites (tertiary alicyclic amines) is 2. The highest BCUT2D eigenvalue weighted by Crippen LogP contribution is 2.43. The summed E-state index contributed by atoms with van der Waals surface area (Å²) in [5.74, 6) is -0.243. The fourth-order valence-corrected chi connectivity index (χ4v) is 10.1. The number of hydrogen-bond acceptors (Lipinski definition) is 11. The van der Waals surface area contributed by atoms with E-state index in [2.05, 4.69) is 70.5 Å². The number of carbonyl (C=O) groups excluding carboxylic acids is 4. The van der Waals surface area contributed by atoms with Crippen molar-refractivity contribution in [1.29, 1.82) is 0 Å². The van der Waals surface area contributed by atoms with Gasteiger partial charge in [0.25, 0.3) is 5.91 Å². The quantitative estimate of drug-likeness (QED) is 0.0796. The molecule has 1 spiro atoms. The third-order valence-electron chi connectivity index (χ3n) is 13.9. The van der Waals surface area contributed by atoms with Crippen LogP contribution in [0.1, 0.15) is 91.2 Å². The first-order valence-corrected chi connectivity index (χ1v) is 24.0. The second kappa shape index (κ2) is 21.3. The summed E-state index contributed by atoms with van der Waals surface area (Å²) >= 11 is 0. The number of aromatic amines is 2. The van der Waals surface area contributed by atoms with Crippen LogP contribution in [0.15, 0.2) is 97.8 Å². The number of benzene rings is 3. The summed E-state index contributed by atoms with van der Waals surface area (Å²) in [5.41, 5.74) is 8.14. The highest BCUT2D eigenvalue weighted by Gasteiger charge is 2.53. The number of amides is 4. The van der Waals surface area contributed by atoms with Gasteiger partial charge >= 0.3 is 12.2 Å². The summed E-state index contributed by atoms with van der Waals surface area (Å²) in [5, 5.41) is 5.53.